The standard InChI is InChI=1S/C18H16O2S/c19-17(13-7-3-1-4-8-13)15-11-12-16(21-15)18(20)14-9-5-2-6-10-14/h1-12,17-20H/t17-,18+. The number of benzene rings is 2. The van der Waals surface area contributed by atoms with Crippen LogP contribution in [0, 0.1) is 0 Å². The molecule has 0 aliphatic carbocycles. The second-order valence-corrected chi connectivity index (χ2v) is 6.01. The molecule has 0 radical (unpaired) electrons. The molecule has 0 aliphatic heterocycles. The Bertz CT molecular complexity index is 632. The van der Waals surface area contributed by atoms with Crippen molar-refractivity contribution in [1.82, 2.24) is 0 Å². The van der Waals surface area contributed by atoms with E-state index in [1.165, 1.54) is 11.3 Å². The average molecular weight is 296 g/mol. The first kappa shape index (κ1) is 14.0. The van der Waals surface area contributed by atoms with Crippen LogP contribution in [-0.4, -0.2) is 10.2 Å². The van der Waals surface area contributed by atoms with Crippen LogP contribution >= 0.6 is 11.3 Å². The molecule has 2 N–H and O–H groups in total. The Kier molecular flexibility index (Phi) is 4.15. The third-order valence-corrected chi connectivity index (χ3v) is 4.61. The van der Waals surface area contributed by atoms with Gasteiger partial charge in [-0.1, -0.05) is 60.7 Å². The number of thiophene rings is 1. The number of rotatable bonds is 4. The Morgan fingerprint density at radius 2 is 0.952 bits per heavy atom. The lowest BCUT2D eigenvalue weighted by Crippen LogP contribution is -1.97. The molecule has 0 fully saturated rings. The van der Waals surface area contributed by atoms with Gasteiger partial charge in [0.05, 0.1) is 0 Å². The molecule has 0 spiro atoms. The fourth-order valence-corrected chi connectivity index (χ4v) is 3.30. The van der Waals surface area contributed by atoms with Crippen LogP contribution < -0.4 is 0 Å². The van der Waals surface area contributed by atoms with Crippen LogP contribution in [0.1, 0.15) is 33.1 Å². The van der Waals surface area contributed by atoms with Gasteiger partial charge in [-0.05, 0) is 23.3 Å². The maximum absolute atomic E-state index is 10.4. The van der Waals surface area contributed by atoms with Gasteiger partial charge in [0.2, 0.25) is 0 Å². The van der Waals surface area contributed by atoms with Gasteiger partial charge in [0.1, 0.15) is 12.2 Å². The van der Waals surface area contributed by atoms with Crippen molar-refractivity contribution in [3.05, 3.63) is 93.7 Å². The SMILES string of the molecule is O[C@H](c1ccccc1)c1ccc([C@@H](O)c2ccccc2)s1. The summed E-state index contributed by atoms with van der Waals surface area (Å²) in [7, 11) is 0. The van der Waals surface area contributed by atoms with Gasteiger partial charge in [-0.15, -0.1) is 11.3 Å². The number of hydrogen-bond donors (Lipinski definition) is 2. The van der Waals surface area contributed by atoms with Crippen LogP contribution in [0.4, 0.5) is 0 Å². The van der Waals surface area contributed by atoms with Crippen molar-refractivity contribution < 1.29 is 10.2 Å². The van der Waals surface area contributed by atoms with Crippen LogP contribution in [0.25, 0.3) is 0 Å². The summed E-state index contributed by atoms with van der Waals surface area (Å²) in [6.07, 6.45) is -1.29. The number of hydrogen-bond acceptors (Lipinski definition) is 3. The highest BCUT2D eigenvalue weighted by Crippen LogP contribution is 2.33. The van der Waals surface area contributed by atoms with Crippen LogP contribution in [0.2, 0.25) is 0 Å². The summed E-state index contributed by atoms with van der Waals surface area (Å²) in [4.78, 5) is 1.68. The number of aliphatic hydroxyl groups is 2. The van der Waals surface area contributed by atoms with E-state index in [0.29, 0.717) is 0 Å². The summed E-state index contributed by atoms with van der Waals surface area (Å²) in [5.74, 6) is 0. The molecule has 21 heavy (non-hydrogen) atoms. The normalized spacial score (nSPS) is 13.8. The highest BCUT2D eigenvalue weighted by atomic mass is 32.1. The van der Waals surface area contributed by atoms with E-state index in [-0.39, 0.29) is 0 Å². The zero-order valence-electron chi connectivity index (χ0n) is 11.4. The van der Waals surface area contributed by atoms with Crippen molar-refractivity contribution in [2.75, 3.05) is 0 Å². The lowest BCUT2D eigenvalue weighted by atomic mass is 10.1. The lowest BCUT2D eigenvalue weighted by Gasteiger charge is -2.10. The lowest BCUT2D eigenvalue weighted by molar-refractivity contribution is 0.223. The molecule has 2 nitrogen and oxygen atoms in total. The smallest absolute Gasteiger partial charge is 0.113 e. The molecule has 2 atom stereocenters. The largest absolute Gasteiger partial charge is 0.383 e. The van der Waals surface area contributed by atoms with Gasteiger partial charge in [-0.25, -0.2) is 0 Å². The summed E-state index contributed by atoms with van der Waals surface area (Å²) >= 11 is 1.44. The van der Waals surface area contributed by atoms with Crippen molar-refractivity contribution in [3.8, 4) is 0 Å². The van der Waals surface area contributed by atoms with E-state index in [9.17, 15) is 10.2 Å². The van der Waals surface area contributed by atoms with Crippen molar-refractivity contribution in [2.24, 2.45) is 0 Å². The summed E-state index contributed by atoms with van der Waals surface area (Å²) in [5, 5.41) is 20.8. The minimum atomic E-state index is -0.645. The molecule has 1 aromatic heterocycles. The van der Waals surface area contributed by atoms with Gasteiger partial charge in [0.15, 0.2) is 0 Å². The Morgan fingerprint density at radius 3 is 1.33 bits per heavy atom. The van der Waals surface area contributed by atoms with Crippen LogP contribution in [0.15, 0.2) is 72.8 Å². The summed E-state index contributed by atoms with van der Waals surface area (Å²) in [6.45, 7) is 0. The van der Waals surface area contributed by atoms with E-state index in [2.05, 4.69) is 0 Å². The highest BCUT2D eigenvalue weighted by Gasteiger charge is 2.17. The van der Waals surface area contributed by atoms with Crippen LogP contribution in [0.5, 0.6) is 0 Å². The summed E-state index contributed by atoms with van der Waals surface area (Å²) in [6, 6.07) is 22.8. The molecule has 3 rings (SSSR count). The van der Waals surface area contributed by atoms with Crippen LogP contribution in [-0.2, 0) is 0 Å². The molecule has 0 saturated carbocycles. The third-order valence-electron chi connectivity index (χ3n) is 3.42. The molecule has 3 heteroatoms. The highest BCUT2D eigenvalue weighted by molar-refractivity contribution is 7.12. The maximum atomic E-state index is 10.4. The minimum Gasteiger partial charge on any atom is -0.383 e. The third kappa shape index (κ3) is 3.05. The topological polar surface area (TPSA) is 40.5 Å². The zero-order valence-corrected chi connectivity index (χ0v) is 12.2. The van der Waals surface area contributed by atoms with Crippen molar-refractivity contribution in [1.29, 1.82) is 0 Å². The van der Waals surface area contributed by atoms with Gasteiger partial charge < -0.3 is 10.2 Å². The van der Waals surface area contributed by atoms with E-state index in [0.717, 1.165) is 20.9 Å². The van der Waals surface area contributed by atoms with Crippen molar-refractivity contribution in [2.45, 2.75) is 12.2 Å². The fourth-order valence-electron chi connectivity index (χ4n) is 2.26. The monoisotopic (exact) mass is 296 g/mol. The molecule has 0 aliphatic rings. The van der Waals surface area contributed by atoms with E-state index < -0.39 is 12.2 Å². The Balaban J connectivity index is 1.84. The molecule has 0 amide bonds. The van der Waals surface area contributed by atoms with E-state index in [1.807, 2.05) is 72.8 Å². The van der Waals surface area contributed by atoms with Gasteiger partial charge in [-0.2, -0.15) is 0 Å². The molecule has 1 heterocycles. The van der Waals surface area contributed by atoms with Crippen molar-refractivity contribution in [3.63, 3.8) is 0 Å². The molecule has 0 unspecified atom stereocenters. The Morgan fingerprint density at radius 1 is 0.571 bits per heavy atom. The first-order valence-electron chi connectivity index (χ1n) is 6.81. The van der Waals surface area contributed by atoms with E-state index >= 15 is 0 Å². The number of aliphatic hydroxyl groups excluding tert-OH is 2. The van der Waals surface area contributed by atoms with Gasteiger partial charge in [0.25, 0.3) is 0 Å². The van der Waals surface area contributed by atoms with Gasteiger partial charge in [-0.3, -0.25) is 0 Å². The Hall–Kier alpha value is -1.94. The summed E-state index contributed by atoms with van der Waals surface area (Å²) in [5.41, 5.74) is 1.72. The minimum absolute atomic E-state index is 0.645. The average Bonchev–Trinajstić information content (AvgIpc) is 3.05. The van der Waals surface area contributed by atoms with Gasteiger partial charge >= 0.3 is 0 Å². The van der Waals surface area contributed by atoms with E-state index in [1.54, 1.807) is 0 Å². The second kappa shape index (κ2) is 6.22. The van der Waals surface area contributed by atoms with Crippen LogP contribution in [0.3, 0.4) is 0 Å². The molecule has 3 aromatic rings. The molecule has 2 aromatic carbocycles. The quantitative estimate of drug-likeness (QED) is 0.766. The first-order chi connectivity index (χ1) is 10.3. The first-order valence-corrected chi connectivity index (χ1v) is 7.63. The molecule has 106 valence electrons. The summed E-state index contributed by atoms with van der Waals surface area (Å²) < 4.78 is 0. The Labute approximate surface area is 128 Å². The van der Waals surface area contributed by atoms with Crippen molar-refractivity contribution >= 4 is 11.3 Å². The van der Waals surface area contributed by atoms with Gasteiger partial charge in [0, 0.05) is 9.75 Å². The van der Waals surface area contributed by atoms with E-state index in [4.69, 9.17) is 0 Å². The molecular weight excluding hydrogens is 280 g/mol. The fraction of sp³-hybridized carbons (Fsp3) is 0.111. The zero-order chi connectivity index (χ0) is 14.7. The molecule has 0 bridgehead atoms. The molecule has 0 saturated heterocycles. The second-order valence-electron chi connectivity index (χ2n) is 4.87. The maximum Gasteiger partial charge on any atom is 0.113 e. The molecular formula is C18H16O2S. The predicted molar refractivity (Wildman–Crippen MR) is 85.3 cm³/mol. The predicted octanol–water partition coefficient (Wildman–Crippen LogP) is 3.91.